The minimum absolute atomic E-state index is 0.00559. The van der Waals surface area contributed by atoms with E-state index >= 15 is 0 Å². The van der Waals surface area contributed by atoms with Crippen LogP contribution in [0.1, 0.15) is 74.0 Å². The Labute approximate surface area is 176 Å². The fourth-order valence-corrected chi connectivity index (χ4v) is 5.12. The highest BCUT2D eigenvalue weighted by Gasteiger charge is 2.48. The first-order valence-corrected chi connectivity index (χ1v) is 11.4. The predicted molar refractivity (Wildman–Crippen MR) is 113 cm³/mol. The fourth-order valence-electron chi connectivity index (χ4n) is 5.12. The number of phenolic OH excluding ortho intramolecular Hbond substituents is 1. The van der Waals surface area contributed by atoms with Crippen molar-refractivity contribution in [2.24, 2.45) is 0 Å². The third-order valence-corrected chi connectivity index (χ3v) is 7.39. The number of aliphatic hydroxyl groups is 1. The first-order valence-electron chi connectivity index (χ1n) is 11.4. The van der Waals surface area contributed by atoms with Gasteiger partial charge in [-0.2, -0.15) is 0 Å². The fraction of sp³-hybridized carbons (Fsp3) is 0.583. The summed E-state index contributed by atoms with van der Waals surface area (Å²) in [6.07, 6.45) is 8.97. The summed E-state index contributed by atoms with van der Waals surface area (Å²) in [4.78, 5) is 0. The Morgan fingerprint density at radius 2 is 1.87 bits per heavy atom. The van der Waals surface area contributed by atoms with Crippen molar-refractivity contribution in [3.63, 3.8) is 0 Å². The average Bonchev–Trinajstić information content (AvgIpc) is 3.67. The SMILES string of the molecule is Oc1cc(C2CC2)ccc1-c1nnc(N[C@@H]2CCCC[C@H]2O)c2c1CC1(CC1)OC2. The minimum Gasteiger partial charge on any atom is -0.507 e. The van der Waals surface area contributed by atoms with Crippen LogP contribution >= 0.6 is 0 Å². The van der Waals surface area contributed by atoms with Gasteiger partial charge in [-0.1, -0.05) is 18.9 Å². The lowest BCUT2D eigenvalue weighted by molar-refractivity contribution is 0.00823. The molecule has 3 aliphatic carbocycles. The molecule has 1 aliphatic heterocycles. The van der Waals surface area contributed by atoms with E-state index in [0.29, 0.717) is 12.5 Å². The number of hydrogen-bond acceptors (Lipinski definition) is 6. The van der Waals surface area contributed by atoms with Crippen LogP contribution in [-0.4, -0.2) is 38.2 Å². The molecule has 3 N–H and O–H groups in total. The molecule has 0 radical (unpaired) electrons. The third-order valence-electron chi connectivity index (χ3n) is 7.39. The number of nitrogens with zero attached hydrogens (tertiary/aromatic N) is 2. The predicted octanol–water partition coefficient (Wildman–Crippen LogP) is 4.05. The van der Waals surface area contributed by atoms with Crippen molar-refractivity contribution < 1.29 is 14.9 Å². The van der Waals surface area contributed by atoms with E-state index in [9.17, 15) is 10.2 Å². The van der Waals surface area contributed by atoms with Crippen LogP contribution in [-0.2, 0) is 17.8 Å². The molecule has 0 saturated heterocycles. The molecule has 3 fully saturated rings. The van der Waals surface area contributed by atoms with Crippen molar-refractivity contribution >= 4 is 5.82 Å². The van der Waals surface area contributed by atoms with Gasteiger partial charge in [-0.05, 0) is 67.7 Å². The molecule has 6 heteroatoms. The van der Waals surface area contributed by atoms with E-state index in [-0.39, 0.29) is 23.5 Å². The second-order valence-electron chi connectivity index (χ2n) is 9.66. The number of aromatic hydroxyl groups is 1. The molecule has 2 atom stereocenters. The largest absolute Gasteiger partial charge is 0.507 e. The Bertz CT molecular complexity index is 984. The Morgan fingerprint density at radius 3 is 2.60 bits per heavy atom. The van der Waals surface area contributed by atoms with E-state index in [0.717, 1.165) is 73.1 Å². The quantitative estimate of drug-likeness (QED) is 0.709. The molecule has 158 valence electrons. The summed E-state index contributed by atoms with van der Waals surface area (Å²) >= 11 is 0. The Kier molecular flexibility index (Phi) is 4.29. The zero-order chi connectivity index (χ0) is 20.3. The van der Waals surface area contributed by atoms with Crippen molar-refractivity contribution in [1.82, 2.24) is 10.2 Å². The number of fused-ring (bicyclic) bond motifs is 1. The van der Waals surface area contributed by atoms with Gasteiger partial charge in [0, 0.05) is 17.5 Å². The van der Waals surface area contributed by atoms with E-state index in [1.807, 2.05) is 12.1 Å². The molecule has 6 nitrogen and oxygen atoms in total. The molecule has 2 aromatic rings. The van der Waals surface area contributed by atoms with E-state index < -0.39 is 0 Å². The molecule has 1 spiro atoms. The first kappa shape index (κ1) is 18.6. The van der Waals surface area contributed by atoms with Gasteiger partial charge in [0.05, 0.1) is 24.4 Å². The summed E-state index contributed by atoms with van der Waals surface area (Å²) in [7, 11) is 0. The maximum atomic E-state index is 10.8. The lowest BCUT2D eigenvalue weighted by Crippen LogP contribution is -2.37. The van der Waals surface area contributed by atoms with Gasteiger partial charge in [0.1, 0.15) is 11.4 Å². The average molecular weight is 408 g/mol. The number of aliphatic hydroxyl groups excluding tert-OH is 1. The van der Waals surface area contributed by atoms with Crippen LogP contribution in [0.5, 0.6) is 5.75 Å². The standard InChI is InChI=1S/C24H29N3O3/c28-20-4-2-1-3-19(20)25-23-18-13-30-24(9-10-24)12-17(18)22(26-27-23)16-8-7-15(11-21(16)29)14-5-6-14/h7-8,11,14,19-20,28-29H,1-6,9-10,12-13H2,(H,25,27)/t19-,20-/m1/s1. The van der Waals surface area contributed by atoms with E-state index in [1.54, 1.807) is 0 Å². The van der Waals surface area contributed by atoms with Crippen LogP contribution < -0.4 is 5.32 Å². The summed E-state index contributed by atoms with van der Waals surface area (Å²) in [5.74, 6) is 1.61. The number of aromatic nitrogens is 2. The lowest BCUT2D eigenvalue weighted by atomic mass is 9.91. The van der Waals surface area contributed by atoms with Crippen LogP contribution in [0.4, 0.5) is 5.82 Å². The molecule has 3 saturated carbocycles. The van der Waals surface area contributed by atoms with Crippen molar-refractivity contribution in [3.8, 4) is 17.0 Å². The normalized spacial score (nSPS) is 27.0. The molecule has 1 aromatic carbocycles. The zero-order valence-electron chi connectivity index (χ0n) is 17.2. The molecular weight excluding hydrogens is 378 g/mol. The number of nitrogens with one attached hydrogen (secondary N) is 1. The summed E-state index contributed by atoms with van der Waals surface area (Å²) in [5, 5.41) is 33.7. The Morgan fingerprint density at radius 1 is 1.03 bits per heavy atom. The van der Waals surface area contributed by atoms with Gasteiger partial charge in [-0.15, -0.1) is 10.2 Å². The zero-order valence-corrected chi connectivity index (χ0v) is 17.2. The van der Waals surface area contributed by atoms with Crippen LogP contribution in [0.3, 0.4) is 0 Å². The molecule has 6 rings (SSSR count). The van der Waals surface area contributed by atoms with Gasteiger partial charge in [0.15, 0.2) is 5.82 Å². The molecular formula is C24H29N3O3. The molecule has 2 heterocycles. The van der Waals surface area contributed by atoms with Crippen molar-refractivity contribution in [2.45, 2.75) is 88.1 Å². The van der Waals surface area contributed by atoms with Gasteiger partial charge < -0.3 is 20.3 Å². The number of phenols is 1. The molecule has 0 amide bonds. The van der Waals surface area contributed by atoms with Crippen molar-refractivity contribution in [3.05, 3.63) is 34.9 Å². The highest BCUT2D eigenvalue weighted by atomic mass is 16.5. The van der Waals surface area contributed by atoms with Gasteiger partial charge in [-0.25, -0.2) is 0 Å². The maximum Gasteiger partial charge on any atom is 0.154 e. The monoisotopic (exact) mass is 407 g/mol. The second-order valence-corrected chi connectivity index (χ2v) is 9.66. The maximum absolute atomic E-state index is 10.8. The molecule has 0 bridgehead atoms. The smallest absolute Gasteiger partial charge is 0.154 e. The molecule has 30 heavy (non-hydrogen) atoms. The highest BCUT2D eigenvalue weighted by Crippen LogP contribution is 2.50. The van der Waals surface area contributed by atoms with Crippen molar-refractivity contribution in [2.75, 3.05) is 5.32 Å². The first-order chi connectivity index (χ1) is 14.6. The Hall–Kier alpha value is -2.18. The van der Waals surface area contributed by atoms with Gasteiger partial charge >= 0.3 is 0 Å². The topological polar surface area (TPSA) is 87.5 Å². The van der Waals surface area contributed by atoms with Crippen molar-refractivity contribution in [1.29, 1.82) is 0 Å². The van der Waals surface area contributed by atoms with Crippen LogP contribution in [0, 0.1) is 0 Å². The van der Waals surface area contributed by atoms with E-state index in [2.05, 4.69) is 21.6 Å². The number of benzene rings is 1. The van der Waals surface area contributed by atoms with Gasteiger partial charge in [0.2, 0.25) is 0 Å². The summed E-state index contributed by atoms with van der Waals surface area (Å²) in [6.45, 7) is 0.504. The number of hydrogen-bond donors (Lipinski definition) is 3. The summed E-state index contributed by atoms with van der Waals surface area (Å²) < 4.78 is 6.21. The van der Waals surface area contributed by atoms with Gasteiger partial charge in [-0.3, -0.25) is 0 Å². The van der Waals surface area contributed by atoms with E-state index in [4.69, 9.17) is 4.74 Å². The minimum atomic E-state index is -0.353. The Balaban J connectivity index is 1.39. The third kappa shape index (κ3) is 3.26. The second kappa shape index (κ2) is 6.92. The van der Waals surface area contributed by atoms with E-state index in [1.165, 1.54) is 18.4 Å². The molecule has 4 aliphatic rings. The van der Waals surface area contributed by atoms with Gasteiger partial charge in [0.25, 0.3) is 0 Å². The molecule has 1 aromatic heterocycles. The summed E-state index contributed by atoms with van der Waals surface area (Å²) in [5.41, 5.74) is 4.84. The number of anilines is 1. The number of rotatable bonds is 4. The van der Waals surface area contributed by atoms with Crippen LogP contribution in [0.25, 0.3) is 11.3 Å². The number of ether oxygens (including phenoxy) is 1. The highest BCUT2D eigenvalue weighted by molar-refractivity contribution is 5.73. The lowest BCUT2D eigenvalue weighted by Gasteiger charge is -2.32. The van der Waals surface area contributed by atoms with Crippen LogP contribution in [0.2, 0.25) is 0 Å². The molecule has 0 unspecified atom stereocenters. The van der Waals surface area contributed by atoms with Crippen LogP contribution in [0.15, 0.2) is 18.2 Å². The summed E-state index contributed by atoms with van der Waals surface area (Å²) in [6, 6.07) is 6.03.